The van der Waals surface area contributed by atoms with Crippen molar-refractivity contribution < 1.29 is 23.8 Å². The second-order valence-corrected chi connectivity index (χ2v) is 6.39. The van der Waals surface area contributed by atoms with E-state index in [1.165, 1.54) is 7.11 Å². The fourth-order valence-corrected chi connectivity index (χ4v) is 2.08. The maximum Gasteiger partial charge on any atom is 0.407 e. The smallest absolute Gasteiger partial charge is 0.407 e. The standard InChI is InChI=1S/C17H26N2O5/c1-17(2,3)24-16(21)19-12(10-15(20)23-5)8-11-9-13(22-4)6-7-14(11)18/h6-7,9,12H,8,10,18H2,1-5H3,(H,19,21). The zero-order valence-electron chi connectivity index (χ0n) is 14.8. The van der Waals surface area contributed by atoms with Gasteiger partial charge < -0.3 is 25.3 Å². The maximum absolute atomic E-state index is 12.0. The predicted octanol–water partition coefficient (Wildman–Crippen LogP) is 2.28. The molecule has 3 N–H and O–H groups in total. The zero-order chi connectivity index (χ0) is 18.3. The lowest BCUT2D eigenvalue weighted by Gasteiger charge is -2.23. The third kappa shape index (κ3) is 6.76. The highest BCUT2D eigenvalue weighted by molar-refractivity contribution is 5.73. The van der Waals surface area contributed by atoms with E-state index < -0.39 is 23.7 Å². The summed E-state index contributed by atoms with van der Waals surface area (Å²) in [4.78, 5) is 23.6. The number of ether oxygens (including phenoxy) is 3. The summed E-state index contributed by atoms with van der Waals surface area (Å²) in [5.41, 5.74) is 6.66. The molecular formula is C17H26N2O5. The number of nitrogens with two attached hydrogens (primary N) is 1. The van der Waals surface area contributed by atoms with E-state index in [1.54, 1.807) is 46.1 Å². The van der Waals surface area contributed by atoms with E-state index in [9.17, 15) is 9.59 Å². The van der Waals surface area contributed by atoms with E-state index >= 15 is 0 Å². The van der Waals surface area contributed by atoms with Crippen LogP contribution in [0.1, 0.15) is 32.8 Å². The van der Waals surface area contributed by atoms with Crippen LogP contribution < -0.4 is 15.8 Å². The Morgan fingerprint density at radius 2 is 1.92 bits per heavy atom. The largest absolute Gasteiger partial charge is 0.497 e. The highest BCUT2D eigenvalue weighted by Gasteiger charge is 2.22. The minimum atomic E-state index is -0.630. The summed E-state index contributed by atoms with van der Waals surface area (Å²) in [5, 5.41) is 2.69. The molecule has 24 heavy (non-hydrogen) atoms. The lowest BCUT2D eigenvalue weighted by molar-refractivity contribution is -0.141. The van der Waals surface area contributed by atoms with Gasteiger partial charge in [0.15, 0.2) is 0 Å². The second kappa shape index (κ2) is 8.42. The van der Waals surface area contributed by atoms with Gasteiger partial charge >= 0.3 is 12.1 Å². The number of hydrogen-bond donors (Lipinski definition) is 2. The number of esters is 1. The summed E-state index contributed by atoms with van der Waals surface area (Å²) in [6.07, 6.45) is -0.248. The second-order valence-electron chi connectivity index (χ2n) is 6.39. The summed E-state index contributed by atoms with van der Waals surface area (Å²) < 4.78 is 15.1. The Bertz CT molecular complexity index is 581. The summed E-state index contributed by atoms with van der Waals surface area (Å²) in [6.45, 7) is 5.30. The number of nitrogens with one attached hydrogen (secondary N) is 1. The van der Waals surface area contributed by atoms with Crippen molar-refractivity contribution in [1.82, 2.24) is 5.32 Å². The van der Waals surface area contributed by atoms with Crippen LogP contribution in [0.3, 0.4) is 0 Å². The van der Waals surface area contributed by atoms with Gasteiger partial charge in [-0.2, -0.15) is 0 Å². The fourth-order valence-electron chi connectivity index (χ4n) is 2.08. The van der Waals surface area contributed by atoms with Crippen LogP contribution in [-0.2, 0) is 20.7 Å². The number of carbonyl (C=O) groups excluding carboxylic acids is 2. The van der Waals surface area contributed by atoms with Gasteiger partial charge in [-0.1, -0.05) is 0 Å². The molecule has 0 radical (unpaired) electrons. The van der Waals surface area contributed by atoms with Crippen molar-refractivity contribution in [3.63, 3.8) is 0 Å². The van der Waals surface area contributed by atoms with Crippen molar-refractivity contribution in [2.75, 3.05) is 20.0 Å². The average molecular weight is 338 g/mol. The van der Waals surface area contributed by atoms with Crippen LogP contribution in [0.15, 0.2) is 18.2 Å². The Labute approximate surface area is 142 Å². The molecule has 0 saturated heterocycles. The van der Waals surface area contributed by atoms with Gasteiger partial charge in [-0.15, -0.1) is 0 Å². The van der Waals surface area contributed by atoms with Crippen LogP contribution >= 0.6 is 0 Å². The molecule has 1 aromatic rings. The number of amides is 1. The minimum Gasteiger partial charge on any atom is -0.497 e. The van der Waals surface area contributed by atoms with Gasteiger partial charge in [-0.3, -0.25) is 4.79 Å². The molecule has 0 fully saturated rings. The van der Waals surface area contributed by atoms with Gasteiger partial charge in [0.05, 0.1) is 20.6 Å². The van der Waals surface area contributed by atoms with Crippen molar-refractivity contribution in [1.29, 1.82) is 0 Å². The number of carbonyl (C=O) groups is 2. The number of benzene rings is 1. The fraction of sp³-hybridized carbons (Fsp3) is 0.529. The molecule has 0 aliphatic rings. The van der Waals surface area contributed by atoms with E-state index in [1.807, 2.05) is 0 Å². The van der Waals surface area contributed by atoms with Crippen molar-refractivity contribution in [3.8, 4) is 5.75 Å². The van der Waals surface area contributed by atoms with Crippen LogP contribution in [-0.4, -0.2) is 37.9 Å². The molecule has 1 amide bonds. The third-order valence-corrected chi connectivity index (χ3v) is 3.18. The Kier molecular flexibility index (Phi) is 6.88. The molecule has 7 nitrogen and oxygen atoms in total. The minimum absolute atomic E-state index is 0.00634. The molecule has 0 aromatic heterocycles. The lowest BCUT2D eigenvalue weighted by Crippen LogP contribution is -2.41. The van der Waals surface area contributed by atoms with Crippen LogP contribution in [0.2, 0.25) is 0 Å². The summed E-state index contributed by atoms with van der Waals surface area (Å²) in [5.74, 6) is 0.214. The number of hydrogen-bond acceptors (Lipinski definition) is 6. The number of nitrogen functional groups attached to an aromatic ring is 1. The lowest BCUT2D eigenvalue weighted by atomic mass is 10.0. The van der Waals surface area contributed by atoms with E-state index in [2.05, 4.69) is 10.1 Å². The molecule has 1 aromatic carbocycles. The third-order valence-electron chi connectivity index (χ3n) is 3.18. The van der Waals surface area contributed by atoms with Gasteiger partial charge in [0, 0.05) is 11.7 Å². The number of anilines is 1. The predicted molar refractivity (Wildman–Crippen MR) is 90.9 cm³/mol. The van der Waals surface area contributed by atoms with Crippen LogP contribution in [0.25, 0.3) is 0 Å². The molecule has 0 bridgehead atoms. The molecule has 7 heteroatoms. The van der Waals surface area contributed by atoms with E-state index in [-0.39, 0.29) is 6.42 Å². The maximum atomic E-state index is 12.0. The van der Waals surface area contributed by atoms with Gasteiger partial charge in [-0.05, 0) is 51.0 Å². The SMILES string of the molecule is COC(=O)CC(Cc1cc(OC)ccc1N)NC(=O)OC(C)(C)C. The first-order valence-corrected chi connectivity index (χ1v) is 7.63. The summed E-state index contributed by atoms with van der Waals surface area (Å²) in [6, 6.07) is 4.73. The average Bonchev–Trinajstić information content (AvgIpc) is 2.47. The highest BCUT2D eigenvalue weighted by atomic mass is 16.6. The Hall–Kier alpha value is -2.44. The molecule has 1 atom stereocenters. The van der Waals surface area contributed by atoms with Gasteiger partial charge in [0.1, 0.15) is 11.4 Å². The molecule has 134 valence electrons. The molecule has 1 unspecified atom stereocenters. The monoisotopic (exact) mass is 338 g/mol. The van der Waals surface area contributed by atoms with E-state index in [4.69, 9.17) is 15.2 Å². The summed E-state index contributed by atoms with van der Waals surface area (Å²) in [7, 11) is 2.85. The van der Waals surface area contributed by atoms with E-state index in [0.29, 0.717) is 17.9 Å². The summed E-state index contributed by atoms with van der Waals surface area (Å²) >= 11 is 0. The molecule has 0 heterocycles. The molecule has 0 saturated carbocycles. The van der Waals surface area contributed by atoms with Gasteiger partial charge in [0.2, 0.25) is 0 Å². The van der Waals surface area contributed by atoms with Crippen LogP contribution in [0.5, 0.6) is 5.75 Å². The Morgan fingerprint density at radius 1 is 1.25 bits per heavy atom. The Morgan fingerprint density at radius 3 is 2.46 bits per heavy atom. The first-order valence-electron chi connectivity index (χ1n) is 7.63. The molecule has 0 aliphatic heterocycles. The van der Waals surface area contributed by atoms with Crippen molar-refractivity contribution in [2.45, 2.75) is 45.3 Å². The van der Waals surface area contributed by atoms with Crippen molar-refractivity contribution in [3.05, 3.63) is 23.8 Å². The number of rotatable bonds is 6. The van der Waals surface area contributed by atoms with Crippen LogP contribution in [0, 0.1) is 0 Å². The topological polar surface area (TPSA) is 99.9 Å². The first kappa shape index (κ1) is 19.6. The van der Waals surface area contributed by atoms with Crippen LogP contribution in [0.4, 0.5) is 10.5 Å². The van der Waals surface area contributed by atoms with Crippen molar-refractivity contribution in [2.24, 2.45) is 0 Å². The molecule has 0 aliphatic carbocycles. The van der Waals surface area contributed by atoms with Gasteiger partial charge in [-0.25, -0.2) is 4.79 Å². The van der Waals surface area contributed by atoms with Gasteiger partial charge in [0.25, 0.3) is 0 Å². The molecule has 0 spiro atoms. The number of alkyl carbamates (subject to hydrolysis) is 1. The Balaban J connectivity index is 2.89. The zero-order valence-corrected chi connectivity index (χ0v) is 14.8. The molecular weight excluding hydrogens is 312 g/mol. The number of methoxy groups -OCH3 is 2. The quantitative estimate of drug-likeness (QED) is 0.610. The molecule has 1 rings (SSSR count). The van der Waals surface area contributed by atoms with Crippen molar-refractivity contribution >= 4 is 17.7 Å². The first-order chi connectivity index (χ1) is 11.1. The highest BCUT2D eigenvalue weighted by Crippen LogP contribution is 2.21. The normalized spacial score (nSPS) is 12.2. The van der Waals surface area contributed by atoms with E-state index in [0.717, 1.165) is 5.56 Å².